The Hall–Kier alpha value is -2.66. The third kappa shape index (κ3) is 57.9. The topological polar surface area (TPSA) is 72.8 Å². The Balaban J connectivity index is 3.47. The van der Waals surface area contributed by atoms with E-state index in [2.05, 4.69) is 86.8 Å². The first-order valence-corrected chi connectivity index (χ1v) is 30.5. The van der Waals surface area contributed by atoms with Gasteiger partial charge in [-0.25, -0.2) is 0 Å². The molecule has 0 radical (unpaired) electrons. The van der Waals surface area contributed by atoms with E-state index in [9.17, 15) is 14.7 Å². The van der Waals surface area contributed by atoms with Gasteiger partial charge in [-0.2, -0.15) is 0 Å². The van der Waals surface area contributed by atoms with Crippen molar-refractivity contribution in [2.75, 3.05) is 13.2 Å². The third-order valence-corrected chi connectivity index (χ3v) is 13.5. The zero-order chi connectivity index (χ0) is 50.6. The molecular weight excluding hydrogens is 861 g/mol. The fourth-order valence-electron chi connectivity index (χ4n) is 8.97. The van der Waals surface area contributed by atoms with Crippen LogP contribution in [0.4, 0.5) is 0 Å². The standard InChI is InChI=1S/C65H116O5/c1-3-5-7-9-11-13-15-17-19-21-23-25-27-29-31-32-34-36-38-40-42-44-46-48-50-52-54-56-58-60-65(68)70-63(61-66)62-69-64(67)59-57-55-53-51-49-47-45-43-41-39-37-35-33-30-28-26-24-22-20-18-16-14-12-10-8-6-4-2/h5,7,11,13,17,19,23,25,29,31,34,36,63,66H,3-4,6,8-10,12,14-16,18,20-22,24,26-28,30,32-33,35,37-62H2,1-2H3/b7-5-,13-11-,19-17-,25-23-,31-29-,36-34-. The normalized spacial score (nSPS) is 12.7. The summed E-state index contributed by atoms with van der Waals surface area (Å²) in [5.74, 6) is -0.584. The van der Waals surface area contributed by atoms with E-state index in [1.165, 1.54) is 205 Å². The fraction of sp³-hybridized carbons (Fsp3) is 0.785. The van der Waals surface area contributed by atoms with Gasteiger partial charge in [0.1, 0.15) is 6.61 Å². The highest BCUT2D eigenvalue weighted by atomic mass is 16.6. The molecule has 406 valence electrons. The van der Waals surface area contributed by atoms with Crippen LogP contribution in [0.25, 0.3) is 0 Å². The van der Waals surface area contributed by atoms with Gasteiger partial charge in [0.15, 0.2) is 6.10 Å². The highest BCUT2D eigenvalue weighted by Crippen LogP contribution is 2.17. The maximum absolute atomic E-state index is 12.3. The Morgan fingerprint density at radius 2 is 0.614 bits per heavy atom. The molecule has 0 aliphatic rings. The highest BCUT2D eigenvalue weighted by Gasteiger charge is 2.16. The number of allylic oxidation sites excluding steroid dienone is 12. The largest absolute Gasteiger partial charge is 0.462 e. The summed E-state index contributed by atoms with van der Waals surface area (Å²) in [7, 11) is 0. The molecule has 0 aliphatic heterocycles. The van der Waals surface area contributed by atoms with Crippen molar-refractivity contribution in [3.8, 4) is 0 Å². The molecule has 0 rings (SSSR count). The fourth-order valence-corrected chi connectivity index (χ4v) is 8.97. The average Bonchev–Trinajstić information content (AvgIpc) is 3.36. The lowest BCUT2D eigenvalue weighted by Crippen LogP contribution is -2.28. The molecule has 0 amide bonds. The minimum atomic E-state index is -0.777. The molecule has 0 heterocycles. The van der Waals surface area contributed by atoms with E-state index in [1.54, 1.807) is 0 Å². The van der Waals surface area contributed by atoms with Crippen molar-refractivity contribution in [1.29, 1.82) is 0 Å². The SMILES string of the molecule is CC/C=C\C/C=C\C/C=C\C/C=C\C/C=C\C/C=C\CCCCCCCCCCCCC(=O)OC(CO)COC(=O)CCCCCCCCCCCCCCCCCCCCCCCCCCCCC. The van der Waals surface area contributed by atoms with E-state index >= 15 is 0 Å². The van der Waals surface area contributed by atoms with Crippen molar-refractivity contribution in [2.24, 2.45) is 0 Å². The molecule has 1 unspecified atom stereocenters. The first-order chi connectivity index (χ1) is 34.6. The van der Waals surface area contributed by atoms with Crippen molar-refractivity contribution in [1.82, 2.24) is 0 Å². The Morgan fingerprint density at radius 3 is 0.929 bits per heavy atom. The zero-order valence-corrected chi connectivity index (χ0v) is 46.5. The molecule has 0 spiro atoms. The second-order valence-electron chi connectivity index (χ2n) is 20.4. The maximum atomic E-state index is 12.3. The first-order valence-electron chi connectivity index (χ1n) is 30.5. The Bertz CT molecular complexity index is 1240. The number of carbonyl (C=O) groups excluding carboxylic acids is 2. The summed E-state index contributed by atoms with van der Waals surface area (Å²) in [5.41, 5.74) is 0. The van der Waals surface area contributed by atoms with Gasteiger partial charge in [-0.1, -0.05) is 305 Å². The third-order valence-electron chi connectivity index (χ3n) is 13.5. The average molecular weight is 978 g/mol. The van der Waals surface area contributed by atoms with Crippen LogP contribution < -0.4 is 0 Å². The first kappa shape index (κ1) is 67.3. The van der Waals surface area contributed by atoms with Crippen LogP contribution in [0.5, 0.6) is 0 Å². The molecule has 70 heavy (non-hydrogen) atoms. The summed E-state index contributed by atoms with van der Waals surface area (Å²) in [4.78, 5) is 24.6. The number of ether oxygens (including phenoxy) is 2. The molecule has 5 nitrogen and oxygen atoms in total. The molecule has 0 aromatic heterocycles. The van der Waals surface area contributed by atoms with Crippen LogP contribution in [0.15, 0.2) is 72.9 Å². The number of aliphatic hydroxyl groups excluding tert-OH is 1. The maximum Gasteiger partial charge on any atom is 0.306 e. The van der Waals surface area contributed by atoms with Crippen LogP contribution in [0.2, 0.25) is 0 Å². The van der Waals surface area contributed by atoms with E-state index < -0.39 is 6.10 Å². The van der Waals surface area contributed by atoms with Gasteiger partial charge in [-0.3, -0.25) is 9.59 Å². The van der Waals surface area contributed by atoms with Gasteiger partial charge < -0.3 is 14.6 Å². The summed E-state index contributed by atoms with van der Waals surface area (Å²) in [5, 5.41) is 9.67. The number of hydrogen-bond acceptors (Lipinski definition) is 5. The van der Waals surface area contributed by atoms with Crippen LogP contribution in [0.1, 0.15) is 309 Å². The molecule has 1 N–H and O–H groups in total. The predicted molar refractivity (Wildman–Crippen MR) is 306 cm³/mol. The lowest BCUT2D eigenvalue weighted by Gasteiger charge is -2.15. The summed E-state index contributed by atoms with van der Waals surface area (Å²) in [6, 6.07) is 0. The van der Waals surface area contributed by atoms with Crippen LogP contribution in [0, 0.1) is 0 Å². The van der Waals surface area contributed by atoms with Gasteiger partial charge in [0.2, 0.25) is 0 Å². The number of esters is 2. The molecule has 0 saturated carbocycles. The van der Waals surface area contributed by atoms with Crippen molar-refractivity contribution >= 4 is 11.9 Å². The summed E-state index contributed by atoms with van der Waals surface area (Å²) >= 11 is 0. The minimum absolute atomic E-state index is 0.0664. The zero-order valence-electron chi connectivity index (χ0n) is 46.5. The molecule has 0 aromatic rings. The number of aliphatic hydroxyl groups is 1. The lowest BCUT2D eigenvalue weighted by atomic mass is 10.0. The summed E-state index contributed by atoms with van der Waals surface area (Å²) in [6.07, 6.45) is 83.2. The van der Waals surface area contributed by atoms with E-state index in [0.717, 1.165) is 77.0 Å². The Labute approximate surface area is 435 Å². The van der Waals surface area contributed by atoms with E-state index in [1.807, 2.05) is 0 Å². The smallest absolute Gasteiger partial charge is 0.306 e. The molecule has 0 aliphatic carbocycles. The van der Waals surface area contributed by atoms with E-state index in [4.69, 9.17) is 9.47 Å². The number of hydrogen-bond donors (Lipinski definition) is 1. The summed E-state index contributed by atoms with van der Waals surface area (Å²) in [6.45, 7) is 4.06. The van der Waals surface area contributed by atoms with Crippen LogP contribution >= 0.6 is 0 Å². The second-order valence-corrected chi connectivity index (χ2v) is 20.4. The second kappa shape index (κ2) is 60.6. The molecule has 0 aromatic carbocycles. The number of carbonyl (C=O) groups is 2. The molecule has 0 saturated heterocycles. The van der Waals surface area contributed by atoms with Gasteiger partial charge in [0.05, 0.1) is 6.61 Å². The number of rotatable bonds is 56. The van der Waals surface area contributed by atoms with Crippen molar-refractivity contribution in [2.45, 2.75) is 315 Å². The predicted octanol–water partition coefficient (Wildman–Crippen LogP) is 20.8. The van der Waals surface area contributed by atoms with Crippen molar-refractivity contribution in [3.05, 3.63) is 72.9 Å². The molecule has 5 heteroatoms. The van der Waals surface area contributed by atoms with Gasteiger partial charge >= 0.3 is 11.9 Å². The van der Waals surface area contributed by atoms with Crippen molar-refractivity contribution in [3.63, 3.8) is 0 Å². The quantitative estimate of drug-likeness (QED) is 0.0373. The molecule has 0 fully saturated rings. The van der Waals surface area contributed by atoms with E-state index in [0.29, 0.717) is 12.8 Å². The van der Waals surface area contributed by atoms with Crippen LogP contribution in [0.3, 0.4) is 0 Å². The van der Waals surface area contributed by atoms with Crippen LogP contribution in [-0.2, 0) is 19.1 Å². The Morgan fingerprint density at radius 1 is 0.343 bits per heavy atom. The van der Waals surface area contributed by atoms with E-state index in [-0.39, 0.29) is 25.2 Å². The molecular formula is C65H116O5. The summed E-state index contributed by atoms with van der Waals surface area (Å²) < 4.78 is 10.7. The number of unbranched alkanes of at least 4 members (excludes halogenated alkanes) is 36. The van der Waals surface area contributed by atoms with Gasteiger partial charge in [0.25, 0.3) is 0 Å². The van der Waals surface area contributed by atoms with Crippen LogP contribution in [-0.4, -0.2) is 36.4 Å². The molecule has 0 bridgehead atoms. The van der Waals surface area contributed by atoms with Gasteiger partial charge in [-0.15, -0.1) is 0 Å². The monoisotopic (exact) mass is 977 g/mol. The lowest BCUT2D eigenvalue weighted by molar-refractivity contribution is -0.161. The molecule has 1 atom stereocenters. The highest BCUT2D eigenvalue weighted by molar-refractivity contribution is 5.70. The Kier molecular flexibility index (Phi) is 58.3. The van der Waals surface area contributed by atoms with Gasteiger partial charge in [-0.05, 0) is 64.2 Å². The van der Waals surface area contributed by atoms with Crippen molar-refractivity contribution < 1.29 is 24.2 Å². The van der Waals surface area contributed by atoms with Gasteiger partial charge in [0, 0.05) is 12.8 Å². The minimum Gasteiger partial charge on any atom is -0.462 e.